The van der Waals surface area contributed by atoms with Gasteiger partial charge in [0, 0.05) is 35.9 Å². The normalized spacial score (nSPS) is 16.9. The highest BCUT2D eigenvalue weighted by molar-refractivity contribution is 6.31. The number of piperidine rings is 1. The first-order chi connectivity index (χ1) is 10.6. The van der Waals surface area contributed by atoms with Crippen molar-refractivity contribution in [3.8, 4) is 0 Å². The Morgan fingerprint density at radius 1 is 1.27 bits per heavy atom. The van der Waals surface area contributed by atoms with Crippen molar-refractivity contribution in [1.29, 1.82) is 0 Å². The number of hydrogen-bond donors (Lipinski definition) is 1. The SMILES string of the molecule is CNc1cnc(N(C)C2CCN(C)CC2)c2cc(Cl)ccc12. The summed E-state index contributed by atoms with van der Waals surface area (Å²) in [5.41, 5.74) is 1.03. The van der Waals surface area contributed by atoms with E-state index >= 15 is 0 Å². The molecule has 0 spiro atoms. The summed E-state index contributed by atoms with van der Waals surface area (Å²) in [5, 5.41) is 6.24. The van der Waals surface area contributed by atoms with Crippen molar-refractivity contribution < 1.29 is 0 Å². The van der Waals surface area contributed by atoms with Crippen LogP contribution in [0.3, 0.4) is 0 Å². The number of fused-ring (bicyclic) bond motifs is 1. The molecule has 1 saturated heterocycles. The molecule has 0 radical (unpaired) electrons. The maximum Gasteiger partial charge on any atom is 0.136 e. The van der Waals surface area contributed by atoms with Crippen LogP contribution < -0.4 is 10.2 Å². The number of aromatic nitrogens is 1. The van der Waals surface area contributed by atoms with E-state index in [1.807, 2.05) is 25.4 Å². The van der Waals surface area contributed by atoms with Crippen LogP contribution in [0.25, 0.3) is 10.8 Å². The van der Waals surface area contributed by atoms with Crippen molar-refractivity contribution in [2.24, 2.45) is 0 Å². The monoisotopic (exact) mass is 318 g/mol. The number of nitrogens with zero attached hydrogens (tertiary/aromatic N) is 3. The molecule has 0 amide bonds. The Balaban J connectivity index is 2.01. The minimum absolute atomic E-state index is 0.534. The zero-order valence-electron chi connectivity index (χ0n) is 13.4. The van der Waals surface area contributed by atoms with Crippen molar-refractivity contribution in [2.45, 2.75) is 18.9 Å². The van der Waals surface area contributed by atoms with Gasteiger partial charge >= 0.3 is 0 Å². The van der Waals surface area contributed by atoms with Gasteiger partial charge in [-0.25, -0.2) is 4.98 Å². The summed E-state index contributed by atoms with van der Waals surface area (Å²) in [5.74, 6) is 1.02. The van der Waals surface area contributed by atoms with Gasteiger partial charge in [-0.1, -0.05) is 17.7 Å². The van der Waals surface area contributed by atoms with E-state index in [4.69, 9.17) is 16.6 Å². The van der Waals surface area contributed by atoms with Crippen LogP contribution in [-0.4, -0.2) is 50.2 Å². The highest BCUT2D eigenvalue weighted by Crippen LogP contribution is 2.33. The van der Waals surface area contributed by atoms with E-state index in [9.17, 15) is 0 Å². The predicted molar refractivity (Wildman–Crippen MR) is 95.2 cm³/mol. The topological polar surface area (TPSA) is 31.4 Å². The maximum absolute atomic E-state index is 6.22. The quantitative estimate of drug-likeness (QED) is 0.939. The molecule has 0 aliphatic carbocycles. The number of hydrogen-bond acceptors (Lipinski definition) is 4. The highest BCUT2D eigenvalue weighted by atomic mass is 35.5. The van der Waals surface area contributed by atoms with Crippen LogP contribution in [0.4, 0.5) is 11.5 Å². The van der Waals surface area contributed by atoms with E-state index in [1.165, 1.54) is 12.8 Å². The number of likely N-dealkylation sites (tertiary alicyclic amines) is 1. The molecule has 0 unspecified atom stereocenters. The van der Waals surface area contributed by atoms with E-state index in [0.717, 1.165) is 40.4 Å². The Kier molecular flexibility index (Phi) is 4.41. The molecule has 118 valence electrons. The Bertz CT molecular complexity index is 665. The molecule has 1 aromatic carbocycles. The van der Waals surface area contributed by atoms with Gasteiger partial charge in [0.1, 0.15) is 5.82 Å². The third-order valence-electron chi connectivity index (χ3n) is 4.67. The van der Waals surface area contributed by atoms with Crippen LogP contribution >= 0.6 is 11.6 Å². The maximum atomic E-state index is 6.22. The minimum Gasteiger partial charge on any atom is -0.386 e. The van der Waals surface area contributed by atoms with Crippen molar-refractivity contribution in [2.75, 3.05) is 44.4 Å². The van der Waals surface area contributed by atoms with Gasteiger partial charge in [-0.05, 0) is 45.1 Å². The van der Waals surface area contributed by atoms with Crippen LogP contribution in [0.2, 0.25) is 5.02 Å². The predicted octanol–water partition coefficient (Wildman–Crippen LogP) is 3.46. The summed E-state index contributed by atoms with van der Waals surface area (Å²) in [7, 11) is 6.26. The molecule has 22 heavy (non-hydrogen) atoms. The first-order valence-corrected chi connectivity index (χ1v) is 8.15. The summed E-state index contributed by atoms with van der Waals surface area (Å²) in [6, 6.07) is 6.55. The molecular weight excluding hydrogens is 296 g/mol. The third-order valence-corrected chi connectivity index (χ3v) is 4.90. The van der Waals surface area contributed by atoms with Gasteiger partial charge in [-0.3, -0.25) is 0 Å². The van der Waals surface area contributed by atoms with Crippen molar-refractivity contribution in [3.05, 3.63) is 29.4 Å². The lowest BCUT2D eigenvalue weighted by molar-refractivity contribution is 0.252. The molecule has 0 atom stereocenters. The smallest absolute Gasteiger partial charge is 0.136 e. The summed E-state index contributed by atoms with van der Waals surface area (Å²) in [6.45, 7) is 2.28. The second kappa shape index (κ2) is 6.31. The standard InChI is InChI=1S/C17H23ClN4/c1-19-16-11-20-17(15-10-12(18)4-5-14(15)16)22(3)13-6-8-21(2)9-7-13/h4-5,10-11,13,19H,6-9H2,1-3H3. The van der Waals surface area contributed by atoms with Crippen LogP contribution in [0.15, 0.2) is 24.4 Å². The Labute approximate surface area is 137 Å². The third kappa shape index (κ3) is 2.85. The first-order valence-electron chi connectivity index (χ1n) is 7.77. The van der Waals surface area contributed by atoms with Gasteiger partial charge in [0.2, 0.25) is 0 Å². The molecule has 2 aromatic rings. The molecule has 1 aliphatic heterocycles. The molecule has 1 aromatic heterocycles. The Morgan fingerprint density at radius 3 is 2.68 bits per heavy atom. The summed E-state index contributed by atoms with van der Waals surface area (Å²) < 4.78 is 0. The second-order valence-corrected chi connectivity index (χ2v) is 6.52. The van der Waals surface area contributed by atoms with Crippen molar-refractivity contribution in [1.82, 2.24) is 9.88 Å². The molecule has 3 rings (SSSR count). The van der Waals surface area contributed by atoms with E-state index in [0.29, 0.717) is 6.04 Å². The van der Waals surface area contributed by atoms with Crippen LogP contribution in [0.5, 0.6) is 0 Å². The van der Waals surface area contributed by atoms with Gasteiger partial charge in [-0.15, -0.1) is 0 Å². The highest BCUT2D eigenvalue weighted by Gasteiger charge is 2.23. The number of anilines is 2. The number of rotatable bonds is 3. The number of pyridine rings is 1. The molecule has 2 heterocycles. The molecular formula is C17H23ClN4. The van der Waals surface area contributed by atoms with Gasteiger partial charge in [-0.2, -0.15) is 0 Å². The van der Waals surface area contributed by atoms with Crippen LogP contribution in [0.1, 0.15) is 12.8 Å². The van der Waals surface area contributed by atoms with Crippen molar-refractivity contribution >= 4 is 33.9 Å². The van der Waals surface area contributed by atoms with E-state index in [1.54, 1.807) is 0 Å². The average Bonchev–Trinajstić information content (AvgIpc) is 2.53. The zero-order valence-corrected chi connectivity index (χ0v) is 14.2. The first kappa shape index (κ1) is 15.4. The van der Waals surface area contributed by atoms with E-state index in [2.05, 4.69) is 35.3 Å². The van der Waals surface area contributed by atoms with Gasteiger partial charge in [0.05, 0.1) is 11.9 Å². The van der Waals surface area contributed by atoms with Crippen molar-refractivity contribution in [3.63, 3.8) is 0 Å². The lowest BCUT2D eigenvalue weighted by atomic mass is 10.0. The summed E-state index contributed by atoms with van der Waals surface area (Å²) in [6.07, 6.45) is 4.26. The van der Waals surface area contributed by atoms with Gasteiger partial charge in [0.25, 0.3) is 0 Å². The lowest BCUT2D eigenvalue weighted by Gasteiger charge is -2.36. The largest absolute Gasteiger partial charge is 0.386 e. The fraction of sp³-hybridized carbons (Fsp3) is 0.471. The second-order valence-electron chi connectivity index (χ2n) is 6.08. The molecule has 0 saturated carbocycles. The van der Waals surface area contributed by atoms with Crippen LogP contribution in [-0.2, 0) is 0 Å². The molecule has 4 nitrogen and oxygen atoms in total. The van der Waals surface area contributed by atoms with Gasteiger partial charge < -0.3 is 15.1 Å². The van der Waals surface area contributed by atoms with E-state index in [-0.39, 0.29) is 0 Å². The summed E-state index contributed by atoms with van der Waals surface area (Å²) >= 11 is 6.22. The molecule has 1 N–H and O–H groups in total. The van der Waals surface area contributed by atoms with Crippen LogP contribution in [0, 0.1) is 0 Å². The minimum atomic E-state index is 0.534. The Morgan fingerprint density at radius 2 is 2.00 bits per heavy atom. The fourth-order valence-corrected chi connectivity index (χ4v) is 3.41. The Hall–Kier alpha value is -1.52. The molecule has 1 fully saturated rings. The zero-order chi connectivity index (χ0) is 15.7. The fourth-order valence-electron chi connectivity index (χ4n) is 3.24. The summed E-state index contributed by atoms with van der Waals surface area (Å²) in [4.78, 5) is 9.41. The molecule has 5 heteroatoms. The average molecular weight is 319 g/mol. The van der Waals surface area contributed by atoms with E-state index < -0.39 is 0 Å². The molecule has 1 aliphatic rings. The number of nitrogens with one attached hydrogen (secondary N) is 1. The number of benzene rings is 1. The number of halogens is 1. The lowest BCUT2D eigenvalue weighted by Crippen LogP contribution is -2.42. The van der Waals surface area contributed by atoms with Gasteiger partial charge in [0.15, 0.2) is 0 Å². The molecule has 0 bridgehead atoms.